The highest BCUT2D eigenvalue weighted by Gasteiger charge is 2.24. The van der Waals surface area contributed by atoms with E-state index in [-0.39, 0.29) is 37.3 Å². The van der Waals surface area contributed by atoms with Crippen molar-refractivity contribution in [3.05, 3.63) is 29.8 Å². The molecule has 0 radical (unpaired) electrons. The third-order valence-electron chi connectivity index (χ3n) is 5.50. The van der Waals surface area contributed by atoms with Crippen molar-refractivity contribution in [2.45, 2.75) is 106 Å². The van der Waals surface area contributed by atoms with Gasteiger partial charge in [0, 0.05) is 25.1 Å². The molecule has 0 spiro atoms. The summed E-state index contributed by atoms with van der Waals surface area (Å²) < 4.78 is 4.47. The molecule has 5 amide bonds. The monoisotopic (exact) mass is 608 g/mol. The minimum atomic E-state index is -1.38. The molecule has 1 aromatic rings. The molecule has 1 atom stereocenters. The van der Waals surface area contributed by atoms with E-state index >= 15 is 0 Å². The number of carboxylic acid groups (broad SMARTS) is 1. The van der Waals surface area contributed by atoms with Crippen LogP contribution in [0.3, 0.4) is 0 Å². The molecular weight excluding hydrogens is 556 g/mol. The molecule has 0 saturated heterocycles. The number of rotatable bonds is 17. The standard InChI is InChI=1S/C26H38N4O8.C3H8.C2H6/c1-4-8-23(34)30(17-31)14-7-5-6-9-21(32)29-24(18(2)3)25(35)27-15-22(33)28-20-12-10-19(11-13-20)16-38-26(36)37;1-3-2;1-2/h10-13,17-18,24H,4-9,14-16H2,1-3H3,(H,27,35)(H,28,33)(H,29,32)(H,36,37);3H2,1-2H3;1-2H3. The molecule has 0 fully saturated rings. The Bertz CT molecular complexity index is 967. The quantitative estimate of drug-likeness (QED) is 0.110. The van der Waals surface area contributed by atoms with Gasteiger partial charge in [0.2, 0.25) is 30.0 Å². The molecule has 0 aromatic heterocycles. The fourth-order valence-electron chi connectivity index (χ4n) is 3.43. The van der Waals surface area contributed by atoms with E-state index in [2.05, 4.69) is 34.5 Å². The van der Waals surface area contributed by atoms with E-state index in [1.807, 2.05) is 20.8 Å². The molecule has 0 aliphatic rings. The first-order valence-electron chi connectivity index (χ1n) is 15.0. The average molecular weight is 609 g/mol. The van der Waals surface area contributed by atoms with Crippen LogP contribution in [0.1, 0.15) is 99.0 Å². The fourth-order valence-corrected chi connectivity index (χ4v) is 3.43. The molecule has 244 valence electrons. The molecule has 0 heterocycles. The number of hydrogen-bond acceptors (Lipinski definition) is 7. The summed E-state index contributed by atoms with van der Waals surface area (Å²) in [6.07, 6.45) is 3.35. The largest absolute Gasteiger partial charge is 0.506 e. The normalized spacial score (nSPS) is 10.5. The van der Waals surface area contributed by atoms with Crippen LogP contribution >= 0.6 is 0 Å². The van der Waals surface area contributed by atoms with Gasteiger partial charge in [0.25, 0.3) is 0 Å². The molecule has 0 saturated carbocycles. The van der Waals surface area contributed by atoms with Crippen LogP contribution in [-0.4, -0.2) is 65.3 Å². The maximum absolute atomic E-state index is 12.6. The molecule has 1 rings (SSSR count). The van der Waals surface area contributed by atoms with Crippen LogP contribution < -0.4 is 16.0 Å². The highest BCUT2D eigenvalue weighted by molar-refractivity contribution is 5.96. The number of carbonyl (C=O) groups is 6. The van der Waals surface area contributed by atoms with Crippen molar-refractivity contribution >= 4 is 41.9 Å². The topological polar surface area (TPSA) is 171 Å². The molecule has 0 bridgehead atoms. The van der Waals surface area contributed by atoms with E-state index in [0.29, 0.717) is 56.3 Å². The number of carbonyl (C=O) groups excluding carboxylic acids is 5. The second kappa shape index (κ2) is 25.7. The van der Waals surface area contributed by atoms with E-state index in [1.165, 1.54) is 6.42 Å². The van der Waals surface area contributed by atoms with Gasteiger partial charge in [0.05, 0.1) is 6.54 Å². The first-order chi connectivity index (χ1) is 20.5. The lowest BCUT2D eigenvalue weighted by molar-refractivity contribution is -0.138. The number of benzene rings is 1. The Balaban J connectivity index is 0. The first-order valence-corrected chi connectivity index (χ1v) is 15.0. The third-order valence-corrected chi connectivity index (χ3v) is 5.50. The van der Waals surface area contributed by atoms with Gasteiger partial charge in [-0.2, -0.15) is 0 Å². The van der Waals surface area contributed by atoms with Gasteiger partial charge in [-0.15, -0.1) is 0 Å². The zero-order valence-electron chi connectivity index (χ0n) is 26.9. The molecule has 12 nitrogen and oxygen atoms in total. The lowest BCUT2D eigenvalue weighted by atomic mass is 10.0. The van der Waals surface area contributed by atoms with Crippen LogP contribution in [0.4, 0.5) is 10.5 Å². The number of amides is 5. The van der Waals surface area contributed by atoms with Crippen molar-refractivity contribution in [3.8, 4) is 0 Å². The fraction of sp³-hybridized carbons (Fsp3) is 0.613. The molecule has 0 aliphatic heterocycles. The molecule has 43 heavy (non-hydrogen) atoms. The number of nitrogens with zero attached hydrogens (tertiary/aromatic N) is 1. The Labute approximate surface area is 256 Å². The maximum Gasteiger partial charge on any atom is 0.506 e. The highest BCUT2D eigenvalue weighted by atomic mass is 16.7. The van der Waals surface area contributed by atoms with Gasteiger partial charge in [0.1, 0.15) is 12.6 Å². The summed E-state index contributed by atoms with van der Waals surface area (Å²) in [6.45, 7) is 13.6. The van der Waals surface area contributed by atoms with Gasteiger partial charge in [0.15, 0.2) is 0 Å². The predicted octanol–water partition coefficient (Wildman–Crippen LogP) is 4.86. The van der Waals surface area contributed by atoms with Crippen LogP contribution in [0, 0.1) is 5.92 Å². The Morgan fingerprint density at radius 3 is 2.05 bits per heavy atom. The zero-order valence-corrected chi connectivity index (χ0v) is 26.9. The highest BCUT2D eigenvalue weighted by Crippen LogP contribution is 2.11. The minimum absolute atomic E-state index is 0.110. The zero-order chi connectivity index (χ0) is 33.2. The number of nitrogens with one attached hydrogen (secondary N) is 3. The van der Waals surface area contributed by atoms with Gasteiger partial charge < -0.3 is 25.8 Å². The van der Waals surface area contributed by atoms with E-state index in [0.717, 1.165) is 4.90 Å². The number of unbranched alkanes of at least 4 members (excludes halogenated alkanes) is 2. The SMILES string of the molecule is CC.CCC.CCCC(=O)N(C=O)CCCCCC(=O)NC(C(=O)NCC(=O)Nc1ccc(COC(=O)O)cc1)C(C)C. The Morgan fingerprint density at radius 2 is 1.53 bits per heavy atom. The van der Waals surface area contributed by atoms with Gasteiger partial charge in [-0.25, -0.2) is 4.79 Å². The summed E-state index contributed by atoms with van der Waals surface area (Å²) in [5, 5.41) is 16.4. The van der Waals surface area contributed by atoms with Crippen molar-refractivity contribution in [2.24, 2.45) is 5.92 Å². The molecule has 1 aromatic carbocycles. The van der Waals surface area contributed by atoms with Crippen molar-refractivity contribution in [2.75, 3.05) is 18.4 Å². The van der Waals surface area contributed by atoms with Crippen molar-refractivity contribution in [1.29, 1.82) is 0 Å². The van der Waals surface area contributed by atoms with Crippen LogP contribution in [0.25, 0.3) is 0 Å². The number of imide groups is 1. The molecule has 0 aliphatic carbocycles. The van der Waals surface area contributed by atoms with Crippen LogP contribution in [-0.2, 0) is 35.3 Å². The predicted molar refractivity (Wildman–Crippen MR) is 166 cm³/mol. The third kappa shape index (κ3) is 20.5. The molecule has 1 unspecified atom stereocenters. The Hall–Kier alpha value is -3.96. The van der Waals surface area contributed by atoms with Crippen LogP contribution in [0.15, 0.2) is 24.3 Å². The van der Waals surface area contributed by atoms with Crippen LogP contribution in [0.2, 0.25) is 0 Å². The van der Waals surface area contributed by atoms with Gasteiger partial charge in [-0.1, -0.05) is 73.4 Å². The van der Waals surface area contributed by atoms with Crippen LogP contribution in [0.5, 0.6) is 0 Å². The number of ether oxygens (including phenoxy) is 1. The molecule has 12 heteroatoms. The molecule has 4 N–H and O–H groups in total. The van der Waals surface area contributed by atoms with E-state index < -0.39 is 24.0 Å². The Morgan fingerprint density at radius 1 is 0.930 bits per heavy atom. The summed E-state index contributed by atoms with van der Waals surface area (Å²) in [5.74, 6) is -1.68. The van der Waals surface area contributed by atoms with Crippen molar-refractivity contribution in [1.82, 2.24) is 15.5 Å². The smallest absolute Gasteiger partial charge is 0.450 e. The van der Waals surface area contributed by atoms with Crippen molar-refractivity contribution < 1.29 is 38.6 Å². The number of anilines is 1. The van der Waals surface area contributed by atoms with Crippen molar-refractivity contribution in [3.63, 3.8) is 0 Å². The summed E-state index contributed by atoms with van der Waals surface area (Å²) >= 11 is 0. The van der Waals surface area contributed by atoms with E-state index in [9.17, 15) is 28.8 Å². The Kier molecular flexibility index (Phi) is 24.6. The second-order valence-electron chi connectivity index (χ2n) is 9.77. The summed E-state index contributed by atoms with van der Waals surface area (Å²) in [7, 11) is 0. The van der Waals surface area contributed by atoms with E-state index in [4.69, 9.17) is 5.11 Å². The average Bonchev–Trinajstić information content (AvgIpc) is 2.97. The summed E-state index contributed by atoms with van der Waals surface area (Å²) in [6, 6.07) is 5.55. The van der Waals surface area contributed by atoms with Gasteiger partial charge in [-0.05, 0) is 42.9 Å². The lowest BCUT2D eigenvalue weighted by Crippen LogP contribution is -2.51. The van der Waals surface area contributed by atoms with Gasteiger partial charge in [-0.3, -0.25) is 28.9 Å². The maximum atomic E-state index is 12.6. The second-order valence-corrected chi connectivity index (χ2v) is 9.77. The lowest BCUT2D eigenvalue weighted by Gasteiger charge is -2.21. The number of hydrogen-bond donors (Lipinski definition) is 4. The minimum Gasteiger partial charge on any atom is -0.450 e. The first kappa shape index (κ1) is 41.2. The molecular formula is C31H52N4O8. The summed E-state index contributed by atoms with van der Waals surface area (Å²) in [4.78, 5) is 71.6. The van der Waals surface area contributed by atoms with E-state index in [1.54, 1.807) is 38.1 Å². The van der Waals surface area contributed by atoms with Gasteiger partial charge >= 0.3 is 6.16 Å². The summed E-state index contributed by atoms with van der Waals surface area (Å²) in [5.41, 5.74) is 1.07.